The molecule has 2 aromatic rings. The van der Waals surface area contributed by atoms with E-state index >= 15 is 0 Å². The Morgan fingerprint density at radius 1 is 1.55 bits per heavy atom. The van der Waals surface area contributed by atoms with Crippen LogP contribution in [0.15, 0.2) is 28.8 Å². The molecule has 22 heavy (non-hydrogen) atoms. The first-order valence-electron chi connectivity index (χ1n) is 7.21. The first-order chi connectivity index (χ1) is 10.6. The molecular formula is C15H17ClN4O2. The van der Waals surface area contributed by atoms with E-state index in [4.69, 9.17) is 16.1 Å². The third kappa shape index (κ3) is 3.45. The standard InChI is InChI=1S/C15H17ClN4O2/c1-10-9-20(6-5-17-10)14(21)8-13-18-15(22-19-13)11-3-2-4-12(16)7-11/h2-4,7,10,17H,5-6,8-9H2,1H3/t10-/m1/s1. The number of carbonyl (C=O) groups excluding carboxylic acids is 1. The number of hydrogen-bond acceptors (Lipinski definition) is 5. The van der Waals surface area contributed by atoms with Crippen LogP contribution in [-0.2, 0) is 11.2 Å². The van der Waals surface area contributed by atoms with Gasteiger partial charge in [-0.15, -0.1) is 0 Å². The summed E-state index contributed by atoms with van der Waals surface area (Å²) < 4.78 is 5.21. The summed E-state index contributed by atoms with van der Waals surface area (Å²) >= 11 is 5.94. The van der Waals surface area contributed by atoms with E-state index < -0.39 is 0 Å². The molecule has 1 aliphatic rings. The van der Waals surface area contributed by atoms with E-state index in [0.29, 0.717) is 35.9 Å². The fourth-order valence-electron chi connectivity index (χ4n) is 2.47. The lowest BCUT2D eigenvalue weighted by Crippen LogP contribution is -2.51. The summed E-state index contributed by atoms with van der Waals surface area (Å²) in [5.74, 6) is 0.789. The van der Waals surface area contributed by atoms with Crippen molar-refractivity contribution in [2.45, 2.75) is 19.4 Å². The Morgan fingerprint density at radius 2 is 2.41 bits per heavy atom. The number of halogens is 1. The minimum Gasteiger partial charge on any atom is -0.339 e. The minimum atomic E-state index is 0.0202. The van der Waals surface area contributed by atoms with Crippen LogP contribution in [0.25, 0.3) is 11.5 Å². The van der Waals surface area contributed by atoms with Crippen molar-refractivity contribution >= 4 is 17.5 Å². The fourth-order valence-corrected chi connectivity index (χ4v) is 2.66. The molecule has 6 nitrogen and oxygen atoms in total. The number of piperazine rings is 1. The molecule has 116 valence electrons. The molecule has 1 atom stereocenters. The van der Waals surface area contributed by atoms with Crippen molar-refractivity contribution in [2.24, 2.45) is 0 Å². The third-order valence-electron chi connectivity index (χ3n) is 3.57. The monoisotopic (exact) mass is 320 g/mol. The fraction of sp³-hybridized carbons (Fsp3) is 0.400. The predicted octanol–water partition coefficient (Wildman–Crippen LogP) is 1.75. The predicted molar refractivity (Wildman–Crippen MR) is 82.5 cm³/mol. The highest BCUT2D eigenvalue weighted by molar-refractivity contribution is 6.30. The maximum Gasteiger partial charge on any atom is 0.257 e. The van der Waals surface area contributed by atoms with E-state index in [1.165, 1.54) is 0 Å². The molecule has 0 radical (unpaired) electrons. The third-order valence-corrected chi connectivity index (χ3v) is 3.81. The van der Waals surface area contributed by atoms with Gasteiger partial charge in [0.25, 0.3) is 5.89 Å². The number of aromatic nitrogens is 2. The van der Waals surface area contributed by atoms with Gasteiger partial charge < -0.3 is 14.7 Å². The Balaban J connectivity index is 1.68. The maximum atomic E-state index is 12.3. The molecular weight excluding hydrogens is 304 g/mol. The van der Waals surface area contributed by atoms with Crippen molar-refractivity contribution in [2.75, 3.05) is 19.6 Å². The van der Waals surface area contributed by atoms with Crippen LogP contribution in [0.2, 0.25) is 5.02 Å². The Kier molecular flexibility index (Phi) is 4.40. The van der Waals surface area contributed by atoms with Crippen LogP contribution in [0, 0.1) is 0 Å². The van der Waals surface area contributed by atoms with Crippen molar-refractivity contribution in [3.63, 3.8) is 0 Å². The van der Waals surface area contributed by atoms with E-state index in [-0.39, 0.29) is 12.3 Å². The van der Waals surface area contributed by atoms with E-state index in [9.17, 15) is 4.79 Å². The van der Waals surface area contributed by atoms with E-state index in [1.807, 2.05) is 17.0 Å². The molecule has 0 saturated carbocycles. The topological polar surface area (TPSA) is 71.3 Å². The molecule has 1 aromatic carbocycles. The summed E-state index contributed by atoms with van der Waals surface area (Å²) in [5.41, 5.74) is 0.745. The largest absolute Gasteiger partial charge is 0.339 e. The number of nitrogens with one attached hydrogen (secondary N) is 1. The van der Waals surface area contributed by atoms with Gasteiger partial charge >= 0.3 is 0 Å². The molecule has 2 heterocycles. The molecule has 0 aliphatic carbocycles. The molecule has 1 N–H and O–H groups in total. The molecule has 1 fully saturated rings. The molecule has 1 aromatic heterocycles. The summed E-state index contributed by atoms with van der Waals surface area (Å²) in [6.45, 7) is 4.29. The summed E-state index contributed by atoms with van der Waals surface area (Å²) in [4.78, 5) is 18.4. The molecule has 3 rings (SSSR count). The average Bonchev–Trinajstić information content (AvgIpc) is 2.96. The van der Waals surface area contributed by atoms with Crippen molar-refractivity contribution in [3.05, 3.63) is 35.1 Å². The number of nitrogens with zero attached hydrogens (tertiary/aromatic N) is 3. The number of rotatable bonds is 3. The zero-order valence-electron chi connectivity index (χ0n) is 12.3. The van der Waals surface area contributed by atoms with E-state index in [0.717, 1.165) is 12.1 Å². The van der Waals surface area contributed by atoms with Gasteiger partial charge in [-0.2, -0.15) is 4.98 Å². The number of benzene rings is 1. The van der Waals surface area contributed by atoms with Gasteiger partial charge in [0.15, 0.2) is 5.82 Å². The summed E-state index contributed by atoms with van der Waals surface area (Å²) in [6.07, 6.45) is 0.150. The average molecular weight is 321 g/mol. The van der Waals surface area contributed by atoms with Gasteiger partial charge in [0, 0.05) is 36.3 Å². The van der Waals surface area contributed by atoms with Gasteiger partial charge in [0.05, 0.1) is 6.42 Å². The second-order valence-corrected chi connectivity index (χ2v) is 5.83. The molecule has 0 unspecified atom stereocenters. The highest BCUT2D eigenvalue weighted by Crippen LogP contribution is 2.21. The Hall–Kier alpha value is -1.92. The number of amides is 1. The summed E-state index contributed by atoms with van der Waals surface area (Å²) in [7, 11) is 0. The van der Waals surface area contributed by atoms with Crippen LogP contribution in [0.1, 0.15) is 12.7 Å². The van der Waals surface area contributed by atoms with Crippen LogP contribution < -0.4 is 5.32 Å². The molecule has 0 spiro atoms. The molecule has 0 bridgehead atoms. The normalized spacial score (nSPS) is 18.5. The maximum absolute atomic E-state index is 12.3. The minimum absolute atomic E-state index is 0.0202. The lowest BCUT2D eigenvalue weighted by Gasteiger charge is -2.31. The lowest BCUT2D eigenvalue weighted by molar-refractivity contribution is -0.131. The zero-order chi connectivity index (χ0) is 15.5. The van der Waals surface area contributed by atoms with E-state index in [1.54, 1.807) is 12.1 Å². The van der Waals surface area contributed by atoms with Gasteiger partial charge in [-0.05, 0) is 25.1 Å². The number of hydrogen-bond donors (Lipinski definition) is 1. The van der Waals surface area contributed by atoms with Crippen molar-refractivity contribution in [1.82, 2.24) is 20.4 Å². The van der Waals surface area contributed by atoms with Gasteiger partial charge in [-0.25, -0.2) is 0 Å². The van der Waals surface area contributed by atoms with Crippen molar-refractivity contribution in [3.8, 4) is 11.5 Å². The van der Waals surface area contributed by atoms with Crippen LogP contribution in [-0.4, -0.2) is 46.6 Å². The van der Waals surface area contributed by atoms with Crippen LogP contribution in [0.5, 0.6) is 0 Å². The first-order valence-corrected chi connectivity index (χ1v) is 7.59. The zero-order valence-corrected chi connectivity index (χ0v) is 13.0. The summed E-state index contributed by atoms with van der Waals surface area (Å²) in [5, 5.41) is 7.79. The molecule has 7 heteroatoms. The highest BCUT2D eigenvalue weighted by atomic mass is 35.5. The SMILES string of the molecule is C[C@@H]1CN(C(=O)Cc2noc(-c3cccc(Cl)c3)n2)CCN1. The second kappa shape index (κ2) is 6.46. The van der Waals surface area contributed by atoms with Crippen LogP contribution in [0.3, 0.4) is 0 Å². The highest BCUT2D eigenvalue weighted by Gasteiger charge is 2.22. The Labute approximate surface area is 133 Å². The molecule has 1 saturated heterocycles. The Bertz CT molecular complexity index is 673. The van der Waals surface area contributed by atoms with Crippen LogP contribution in [0.4, 0.5) is 0 Å². The Morgan fingerprint density at radius 3 is 3.18 bits per heavy atom. The second-order valence-electron chi connectivity index (χ2n) is 5.40. The molecule has 1 aliphatic heterocycles. The van der Waals surface area contributed by atoms with Gasteiger partial charge in [0.2, 0.25) is 5.91 Å². The van der Waals surface area contributed by atoms with Gasteiger partial charge in [-0.1, -0.05) is 22.8 Å². The summed E-state index contributed by atoms with van der Waals surface area (Å²) in [6, 6.07) is 7.48. The van der Waals surface area contributed by atoms with Crippen molar-refractivity contribution in [1.29, 1.82) is 0 Å². The van der Waals surface area contributed by atoms with Crippen molar-refractivity contribution < 1.29 is 9.32 Å². The van der Waals surface area contributed by atoms with Gasteiger partial charge in [0.1, 0.15) is 0 Å². The quantitative estimate of drug-likeness (QED) is 0.933. The number of carbonyl (C=O) groups is 1. The lowest BCUT2D eigenvalue weighted by atomic mass is 10.2. The van der Waals surface area contributed by atoms with Crippen LogP contribution >= 0.6 is 11.6 Å². The van der Waals surface area contributed by atoms with Gasteiger partial charge in [-0.3, -0.25) is 4.79 Å². The molecule has 1 amide bonds. The smallest absolute Gasteiger partial charge is 0.257 e. The first kappa shape index (κ1) is 15.0. The van der Waals surface area contributed by atoms with E-state index in [2.05, 4.69) is 22.4 Å².